The second-order valence-electron chi connectivity index (χ2n) is 5.20. The molecular weight excluding hydrogens is 468 g/mol. The number of halogens is 2. The number of methoxy groups -OCH3 is 1. The molecule has 0 amide bonds. The summed E-state index contributed by atoms with van der Waals surface area (Å²) in [5, 5.41) is 14.1. The average molecular weight is 482 g/mol. The molecule has 2 aromatic carbocycles. The fourth-order valence-electron chi connectivity index (χ4n) is 2.48. The molecule has 0 spiro atoms. The van der Waals surface area contributed by atoms with Crippen LogP contribution >= 0.6 is 44.7 Å². The summed E-state index contributed by atoms with van der Waals surface area (Å²) in [5.41, 5.74) is 3.01. The number of thioether (sulfide) groups is 1. The SMILES string of the molecule is Br.COc1cccc(-c2nnc3n2N=C(c2cccc(Br)c2)CS3)c1. The maximum atomic E-state index is 5.30. The average Bonchev–Trinajstić information content (AvgIpc) is 3.05. The van der Waals surface area contributed by atoms with Gasteiger partial charge in [0.2, 0.25) is 5.16 Å². The van der Waals surface area contributed by atoms with Crippen molar-refractivity contribution in [3.05, 3.63) is 58.6 Å². The molecule has 0 saturated heterocycles. The Morgan fingerprint density at radius 2 is 1.88 bits per heavy atom. The minimum Gasteiger partial charge on any atom is -0.497 e. The van der Waals surface area contributed by atoms with Crippen molar-refractivity contribution in [1.82, 2.24) is 14.9 Å². The quantitative estimate of drug-likeness (QED) is 0.546. The van der Waals surface area contributed by atoms with Gasteiger partial charge in [-0.05, 0) is 29.8 Å². The minimum atomic E-state index is 0. The molecule has 0 fully saturated rings. The van der Waals surface area contributed by atoms with Gasteiger partial charge in [0.25, 0.3) is 0 Å². The molecule has 0 saturated carbocycles. The standard InChI is InChI=1S/C17H13BrN4OS.BrH/c1-23-14-7-3-5-12(9-14)16-19-20-17-22(16)21-15(10-24-17)11-4-2-6-13(18)8-11;/h2-9H,10H2,1H3;1H. The number of aromatic nitrogens is 3. The molecule has 25 heavy (non-hydrogen) atoms. The monoisotopic (exact) mass is 480 g/mol. The first kappa shape index (κ1) is 18.2. The van der Waals surface area contributed by atoms with Crippen LogP contribution in [0.4, 0.5) is 0 Å². The van der Waals surface area contributed by atoms with E-state index in [1.54, 1.807) is 23.5 Å². The first-order valence-corrected chi connectivity index (χ1v) is 9.09. The van der Waals surface area contributed by atoms with Crippen LogP contribution in [0.3, 0.4) is 0 Å². The molecule has 8 heteroatoms. The molecule has 0 radical (unpaired) electrons. The van der Waals surface area contributed by atoms with Crippen LogP contribution in [0.2, 0.25) is 0 Å². The van der Waals surface area contributed by atoms with Crippen molar-refractivity contribution in [3.63, 3.8) is 0 Å². The van der Waals surface area contributed by atoms with Crippen molar-refractivity contribution >= 4 is 50.4 Å². The van der Waals surface area contributed by atoms with Crippen molar-refractivity contribution < 1.29 is 4.74 Å². The summed E-state index contributed by atoms with van der Waals surface area (Å²) in [6.07, 6.45) is 0. The van der Waals surface area contributed by atoms with E-state index in [1.807, 2.05) is 36.4 Å². The predicted molar refractivity (Wildman–Crippen MR) is 109 cm³/mol. The van der Waals surface area contributed by atoms with Crippen LogP contribution in [0.15, 0.2) is 63.3 Å². The highest BCUT2D eigenvalue weighted by Crippen LogP contribution is 2.30. The van der Waals surface area contributed by atoms with Gasteiger partial charge in [-0.2, -0.15) is 9.78 Å². The van der Waals surface area contributed by atoms with Crippen LogP contribution in [0.25, 0.3) is 11.4 Å². The van der Waals surface area contributed by atoms with Crippen LogP contribution in [-0.4, -0.2) is 33.4 Å². The number of ether oxygens (including phenoxy) is 1. The van der Waals surface area contributed by atoms with Gasteiger partial charge in [0.15, 0.2) is 5.82 Å². The molecule has 128 valence electrons. The van der Waals surface area contributed by atoms with Gasteiger partial charge in [-0.15, -0.1) is 27.2 Å². The van der Waals surface area contributed by atoms with Gasteiger partial charge in [-0.25, -0.2) is 0 Å². The van der Waals surface area contributed by atoms with Crippen molar-refractivity contribution in [2.75, 3.05) is 12.9 Å². The lowest BCUT2D eigenvalue weighted by molar-refractivity contribution is 0.415. The van der Waals surface area contributed by atoms with E-state index in [-0.39, 0.29) is 17.0 Å². The summed E-state index contributed by atoms with van der Waals surface area (Å²) >= 11 is 5.15. The van der Waals surface area contributed by atoms with E-state index in [1.165, 1.54) is 0 Å². The van der Waals surface area contributed by atoms with Crippen LogP contribution in [-0.2, 0) is 0 Å². The zero-order valence-corrected chi connectivity index (χ0v) is 17.3. The maximum absolute atomic E-state index is 5.30. The normalized spacial score (nSPS) is 12.8. The number of hydrogen-bond acceptors (Lipinski definition) is 5. The van der Waals surface area contributed by atoms with Gasteiger partial charge in [0.05, 0.1) is 12.8 Å². The van der Waals surface area contributed by atoms with Gasteiger partial charge >= 0.3 is 0 Å². The van der Waals surface area contributed by atoms with E-state index in [2.05, 4.69) is 38.3 Å². The molecule has 0 unspecified atom stereocenters. The summed E-state index contributed by atoms with van der Waals surface area (Å²) in [4.78, 5) is 0. The molecule has 2 heterocycles. The molecule has 0 N–H and O–H groups in total. The second-order valence-corrected chi connectivity index (χ2v) is 7.05. The molecule has 3 aromatic rings. The van der Waals surface area contributed by atoms with E-state index in [0.717, 1.165) is 38.0 Å². The molecule has 4 rings (SSSR count). The number of hydrogen-bond donors (Lipinski definition) is 0. The molecule has 1 aliphatic heterocycles. The van der Waals surface area contributed by atoms with E-state index >= 15 is 0 Å². The lowest BCUT2D eigenvalue weighted by Gasteiger charge is -2.14. The van der Waals surface area contributed by atoms with Gasteiger partial charge in [-0.3, -0.25) is 0 Å². The van der Waals surface area contributed by atoms with Crippen molar-refractivity contribution in [2.24, 2.45) is 5.10 Å². The van der Waals surface area contributed by atoms with Crippen LogP contribution in [0, 0.1) is 0 Å². The molecule has 0 bridgehead atoms. The van der Waals surface area contributed by atoms with Crippen molar-refractivity contribution in [2.45, 2.75) is 5.16 Å². The molecule has 0 atom stereocenters. The third-order valence-corrected chi connectivity index (χ3v) is 5.08. The Balaban J connectivity index is 0.00000182. The lowest BCUT2D eigenvalue weighted by atomic mass is 10.1. The Morgan fingerprint density at radius 1 is 1.08 bits per heavy atom. The zero-order valence-electron chi connectivity index (χ0n) is 13.2. The smallest absolute Gasteiger partial charge is 0.212 e. The third kappa shape index (κ3) is 3.65. The van der Waals surface area contributed by atoms with E-state index in [4.69, 9.17) is 9.84 Å². The van der Waals surface area contributed by atoms with Gasteiger partial charge < -0.3 is 4.74 Å². The highest BCUT2D eigenvalue weighted by atomic mass is 79.9. The molecular formula is C17H14Br2N4OS. The number of fused-ring (bicyclic) bond motifs is 1. The van der Waals surface area contributed by atoms with Gasteiger partial charge in [-0.1, -0.05) is 52.0 Å². The Morgan fingerprint density at radius 3 is 2.68 bits per heavy atom. The lowest BCUT2D eigenvalue weighted by Crippen LogP contribution is -2.13. The molecule has 0 aliphatic carbocycles. The third-order valence-electron chi connectivity index (χ3n) is 3.66. The summed E-state index contributed by atoms with van der Waals surface area (Å²) in [7, 11) is 1.65. The Hall–Kier alpha value is -1.64. The van der Waals surface area contributed by atoms with Crippen LogP contribution in [0.5, 0.6) is 5.75 Å². The van der Waals surface area contributed by atoms with Gasteiger partial charge in [0.1, 0.15) is 5.75 Å². The number of rotatable bonds is 3. The minimum absolute atomic E-state index is 0. The van der Waals surface area contributed by atoms with Crippen molar-refractivity contribution in [3.8, 4) is 17.1 Å². The van der Waals surface area contributed by atoms with E-state index in [0.29, 0.717) is 5.82 Å². The highest BCUT2D eigenvalue weighted by Gasteiger charge is 2.21. The van der Waals surface area contributed by atoms with Crippen LogP contribution < -0.4 is 4.74 Å². The maximum Gasteiger partial charge on any atom is 0.212 e. The zero-order chi connectivity index (χ0) is 16.5. The summed E-state index contributed by atoms with van der Waals surface area (Å²) < 4.78 is 8.14. The first-order chi connectivity index (χ1) is 11.7. The van der Waals surface area contributed by atoms with Crippen molar-refractivity contribution in [1.29, 1.82) is 0 Å². The predicted octanol–water partition coefficient (Wildman–Crippen LogP) is 4.65. The summed E-state index contributed by atoms with van der Waals surface area (Å²) in [6.45, 7) is 0. The fraction of sp³-hybridized carbons (Fsp3) is 0.118. The Bertz CT molecular complexity index is 942. The Labute approximate surface area is 168 Å². The van der Waals surface area contributed by atoms with Gasteiger partial charge in [0, 0.05) is 15.8 Å². The highest BCUT2D eigenvalue weighted by molar-refractivity contribution is 9.10. The summed E-state index contributed by atoms with van der Waals surface area (Å²) in [5.74, 6) is 2.26. The topological polar surface area (TPSA) is 52.3 Å². The number of nitrogens with zero attached hydrogens (tertiary/aromatic N) is 4. The molecule has 1 aromatic heterocycles. The summed E-state index contributed by atoms with van der Waals surface area (Å²) in [6, 6.07) is 15.9. The Kier molecular flexibility index (Phi) is 5.61. The molecule has 5 nitrogen and oxygen atoms in total. The largest absolute Gasteiger partial charge is 0.497 e. The first-order valence-electron chi connectivity index (χ1n) is 7.31. The number of benzene rings is 2. The van der Waals surface area contributed by atoms with E-state index in [9.17, 15) is 0 Å². The van der Waals surface area contributed by atoms with E-state index < -0.39 is 0 Å². The molecule has 1 aliphatic rings. The van der Waals surface area contributed by atoms with Crippen LogP contribution in [0.1, 0.15) is 5.56 Å². The second kappa shape index (κ2) is 7.72. The fourth-order valence-corrected chi connectivity index (χ4v) is 3.72.